The van der Waals surface area contributed by atoms with Crippen LogP contribution in [-0.4, -0.2) is 31.6 Å². The number of amides is 1. The molecule has 0 spiro atoms. The minimum absolute atomic E-state index is 0.274. The van der Waals surface area contributed by atoms with Crippen molar-refractivity contribution in [3.8, 4) is 0 Å². The zero-order valence-corrected chi connectivity index (χ0v) is 12.9. The van der Waals surface area contributed by atoms with Gasteiger partial charge in [-0.2, -0.15) is 0 Å². The van der Waals surface area contributed by atoms with Crippen molar-refractivity contribution in [2.24, 2.45) is 5.41 Å². The first kappa shape index (κ1) is 18.2. The lowest BCUT2D eigenvalue weighted by molar-refractivity contribution is -0.157. The Balaban J connectivity index is 3.83. The van der Waals surface area contributed by atoms with Gasteiger partial charge in [0.05, 0.1) is 12.0 Å². The summed E-state index contributed by atoms with van der Waals surface area (Å²) in [6, 6.07) is 0. The number of carbonyl (C=O) groups is 2. The SMILES string of the molecule is C=C(C)C(=C)OCCNC(=O)COC(=O)C(C)(C)CC. The maximum absolute atomic E-state index is 11.6. The third-order valence-corrected chi connectivity index (χ3v) is 2.95. The van der Waals surface area contributed by atoms with Gasteiger partial charge in [-0.05, 0) is 32.8 Å². The molecule has 0 heterocycles. The first-order valence-corrected chi connectivity index (χ1v) is 6.62. The Morgan fingerprint density at radius 1 is 1.20 bits per heavy atom. The number of ether oxygens (including phenoxy) is 2. The van der Waals surface area contributed by atoms with Crippen LogP contribution in [0.2, 0.25) is 0 Å². The first-order valence-electron chi connectivity index (χ1n) is 6.62. The lowest BCUT2D eigenvalue weighted by atomic mass is 9.91. The summed E-state index contributed by atoms with van der Waals surface area (Å²) in [6.45, 7) is 14.9. The zero-order valence-electron chi connectivity index (χ0n) is 12.9. The molecule has 0 fully saturated rings. The standard InChI is InChI=1S/C15H25NO4/c1-7-15(5,6)14(18)20-10-13(17)16-8-9-19-12(4)11(2)3/h2,4,7-10H2,1,3,5-6H3,(H,16,17). The van der Waals surface area contributed by atoms with Crippen LogP contribution in [0.25, 0.3) is 0 Å². The Kier molecular flexibility index (Phi) is 7.65. The molecule has 20 heavy (non-hydrogen) atoms. The van der Waals surface area contributed by atoms with Crippen molar-refractivity contribution >= 4 is 11.9 Å². The molecule has 0 aliphatic rings. The minimum Gasteiger partial charge on any atom is -0.492 e. The predicted molar refractivity (Wildman–Crippen MR) is 77.9 cm³/mol. The van der Waals surface area contributed by atoms with E-state index in [4.69, 9.17) is 9.47 Å². The molecular formula is C15H25NO4. The van der Waals surface area contributed by atoms with Crippen molar-refractivity contribution in [3.05, 3.63) is 24.5 Å². The minimum atomic E-state index is -0.567. The van der Waals surface area contributed by atoms with Crippen molar-refractivity contribution < 1.29 is 19.1 Å². The average Bonchev–Trinajstić information content (AvgIpc) is 2.40. The van der Waals surface area contributed by atoms with Gasteiger partial charge in [0.1, 0.15) is 12.4 Å². The van der Waals surface area contributed by atoms with Gasteiger partial charge in [0.2, 0.25) is 0 Å². The van der Waals surface area contributed by atoms with Crippen molar-refractivity contribution in [2.45, 2.75) is 34.1 Å². The highest BCUT2D eigenvalue weighted by Gasteiger charge is 2.27. The van der Waals surface area contributed by atoms with Gasteiger partial charge in [-0.15, -0.1) is 0 Å². The van der Waals surface area contributed by atoms with Crippen LogP contribution in [0.15, 0.2) is 24.5 Å². The normalized spacial score (nSPS) is 10.6. The number of hydrogen-bond donors (Lipinski definition) is 1. The van der Waals surface area contributed by atoms with Crippen molar-refractivity contribution in [1.29, 1.82) is 0 Å². The Labute approximate surface area is 121 Å². The summed E-state index contributed by atoms with van der Waals surface area (Å²) in [5, 5.41) is 2.59. The number of nitrogens with one attached hydrogen (secondary N) is 1. The molecule has 0 bridgehead atoms. The molecule has 0 aromatic carbocycles. The summed E-state index contributed by atoms with van der Waals surface area (Å²) >= 11 is 0. The molecule has 0 saturated heterocycles. The largest absolute Gasteiger partial charge is 0.492 e. The second kappa shape index (κ2) is 8.40. The summed E-state index contributed by atoms with van der Waals surface area (Å²) < 4.78 is 10.2. The molecule has 0 radical (unpaired) electrons. The first-order chi connectivity index (χ1) is 9.20. The fraction of sp³-hybridized carbons (Fsp3) is 0.600. The maximum atomic E-state index is 11.6. The highest BCUT2D eigenvalue weighted by molar-refractivity contribution is 5.82. The van der Waals surface area contributed by atoms with Gasteiger partial charge in [0.25, 0.3) is 5.91 Å². The van der Waals surface area contributed by atoms with Gasteiger partial charge in [-0.1, -0.05) is 20.1 Å². The third-order valence-electron chi connectivity index (χ3n) is 2.95. The van der Waals surface area contributed by atoms with Crippen LogP contribution >= 0.6 is 0 Å². The number of esters is 1. The lowest BCUT2D eigenvalue weighted by Gasteiger charge is -2.20. The smallest absolute Gasteiger partial charge is 0.312 e. The van der Waals surface area contributed by atoms with Crippen LogP contribution in [0.3, 0.4) is 0 Å². The molecule has 5 heteroatoms. The van der Waals surface area contributed by atoms with E-state index in [9.17, 15) is 9.59 Å². The van der Waals surface area contributed by atoms with E-state index in [0.29, 0.717) is 25.3 Å². The Morgan fingerprint density at radius 3 is 2.30 bits per heavy atom. The van der Waals surface area contributed by atoms with E-state index in [-0.39, 0.29) is 18.5 Å². The fourth-order valence-electron chi connectivity index (χ4n) is 1.01. The van der Waals surface area contributed by atoms with E-state index in [0.717, 1.165) is 5.57 Å². The third kappa shape index (κ3) is 6.97. The van der Waals surface area contributed by atoms with Crippen molar-refractivity contribution in [1.82, 2.24) is 5.32 Å². The molecule has 0 aliphatic carbocycles. The molecule has 5 nitrogen and oxygen atoms in total. The highest BCUT2D eigenvalue weighted by Crippen LogP contribution is 2.21. The molecule has 0 aliphatic heterocycles. The highest BCUT2D eigenvalue weighted by atomic mass is 16.5. The zero-order chi connectivity index (χ0) is 15.8. The van der Waals surface area contributed by atoms with Gasteiger partial charge >= 0.3 is 5.97 Å². The van der Waals surface area contributed by atoms with Crippen molar-refractivity contribution in [3.63, 3.8) is 0 Å². The second-order valence-corrected chi connectivity index (χ2v) is 5.22. The Hall–Kier alpha value is -1.78. The number of rotatable bonds is 9. The fourth-order valence-corrected chi connectivity index (χ4v) is 1.01. The predicted octanol–water partition coefficient (Wildman–Crippen LogP) is 2.19. The molecule has 1 N–H and O–H groups in total. The van der Waals surface area contributed by atoms with Gasteiger partial charge in [-0.25, -0.2) is 0 Å². The van der Waals surface area contributed by atoms with Gasteiger partial charge in [0.15, 0.2) is 6.61 Å². The maximum Gasteiger partial charge on any atom is 0.312 e. The molecular weight excluding hydrogens is 258 g/mol. The van der Waals surface area contributed by atoms with Crippen LogP contribution < -0.4 is 5.32 Å². The molecule has 0 aromatic heterocycles. The lowest BCUT2D eigenvalue weighted by Crippen LogP contribution is -2.34. The van der Waals surface area contributed by atoms with E-state index in [1.807, 2.05) is 6.92 Å². The molecule has 0 saturated carbocycles. The number of carbonyl (C=O) groups excluding carboxylic acids is 2. The Morgan fingerprint density at radius 2 is 1.80 bits per heavy atom. The number of allylic oxidation sites excluding steroid dienone is 1. The van der Waals surface area contributed by atoms with Gasteiger partial charge in [-0.3, -0.25) is 9.59 Å². The van der Waals surface area contributed by atoms with E-state index in [2.05, 4.69) is 18.5 Å². The molecule has 1 amide bonds. The summed E-state index contributed by atoms with van der Waals surface area (Å²) in [4.78, 5) is 23.1. The monoisotopic (exact) mass is 283 g/mol. The van der Waals surface area contributed by atoms with Crippen molar-refractivity contribution in [2.75, 3.05) is 19.8 Å². The molecule has 0 unspecified atom stereocenters. The molecule has 0 atom stereocenters. The van der Waals surface area contributed by atoms with Crippen LogP contribution in [0.5, 0.6) is 0 Å². The van der Waals surface area contributed by atoms with Crippen LogP contribution in [0.4, 0.5) is 0 Å². The summed E-state index contributed by atoms with van der Waals surface area (Å²) in [6.07, 6.45) is 0.657. The van der Waals surface area contributed by atoms with Crippen LogP contribution in [0, 0.1) is 5.41 Å². The molecule has 0 aromatic rings. The van der Waals surface area contributed by atoms with E-state index in [1.54, 1.807) is 20.8 Å². The van der Waals surface area contributed by atoms with Gasteiger partial charge < -0.3 is 14.8 Å². The summed E-state index contributed by atoms with van der Waals surface area (Å²) in [5.74, 6) is -0.229. The van der Waals surface area contributed by atoms with Gasteiger partial charge in [0, 0.05) is 0 Å². The van der Waals surface area contributed by atoms with E-state index >= 15 is 0 Å². The molecule has 114 valence electrons. The average molecular weight is 283 g/mol. The number of hydrogen-bond acceptors (Lipinski definition) is 4. The van der Waals surface area contributed by atoms with Crippen LogP contribution in [0.1, 0.15) is 34.1 Å². The van der Waals surface area contributed by atoms with E-state index in [1.165, 1.54) is 0 Å². The summed E-state index contributed by atoms with van der Waals surface area (Å²) in [5.41, 5.74) is 0.176. The molecule has 0 rings (SSSR count). The Bertz CT molecular complexity index is 385. The topological polar surface area (TPSA) is 64.6 Å². The van der Waals surface area contributed by atoms with Crippen LogP contribution in [-0.2, 0) is 19.1 Å². The summed E-state index contributed by atoms with van der Waals surface area (Å²) in [7, 11) is 0. The quantitative estimate of drug-likeness (QED) is 0.305. The second-order valence-electron chi connectivity index (χ2n) is 5.22. The van der Waals surface area contributed by atoms with E-state index < -0.39 is 5.41 Å².